The third-order valence-electron chi connectivity index (χ3n) is 6.16. The number of methoxy groups -OCH3 is 2. The summed E-state index contributed by atoms with van der Waals surface area (Å²) in [5.74, 6) is 1.40. The van der Waals surface area contributed by atoms with Crippen LogP contribution in [0.25, 0.3) is 0 Å². The molecule has 33 heavy (non-hydrogen) atoms. The highest BCUT2D eigenvalue weighted by Crippen LogP contribution is 2.33. The first kappa shape index (κ1) is 23.2. The van der Waals surface area contributed by atoms with E-state index in [1.807, 2.05) is 6.07 Å². The Kier molecular flexibility index (Phi) is 7.57. The minimum absolute atomic E-state index is 0.297. The maximum absolute atomic E-state index is 13.4. The number of rotatable bonds is 9. The van der Waals surface area contributed by atoms with Gasteiger partial charge in [-0.15, -0.1) is 0 Å². The SMILES string of the molecule is COc1cc(OC)cc(C2CCN(CCOC(c3ccc(F)cc3)c3ccc(F)cc3)C2)c1. The second-order valence-electron chi connectivity index (χ2n) is 8.29. The van der Waals surface area contributed by atoms with Gasteiger partial charge >= 0.3 is 0 Å². The molecule has 0 spiro atoms. The maximum Gasteiger partial charge on any atom is 0.123 e. The van der Waals surface area contributed by atoms with Gasteiger partial charge in [-0.25, -0.2) is 8.78 Å². The summed E-state index contributed by atoms with van der Waals surface area (Å²) in [6.07, 6.45) is 0.669. The van der Waals surface area contributed by atoms with Crippen LogP contribution in [0.15, 0.2) is 66.7 Å². The van der Waals surface area contributed by atoms with Gasteiger partial charge in [-0.05, 0) is 72.0 Å². The van der Waals surface area contributed by atoms with Gasteiger partial charge in [0.25, 0.3) is 0 Å². The summed E-state index contributed by atoms with van der Waals surface area (Å²) in [6, 6.07) is 18.6. The number of likely N-dealkylation sites (tertiary alicyclic amines) is 1. The highest BCUT2D eigenvalue weighted by atomic mass is 19.1. The van der Waals surface area contributed by atoms with Crippen molar-refractivity contribution in [3.05, 3.63) is 95.1 Å². The largest absolute Gasteiger partial charge is 0.497 e. The van der Waals surface area contributed by atoms with E-state index in [9.17, 15) is 8.78 Å². The van der Waals surface area contributed by atoms with Crippen molar-refractivity contribution in [1.82, 2.24) is 4.90 Å². The minimum Gasteiger partial charge on any atom is -0.497 e. The smallest absolute Gasteiger partial charge is 0.123 e. The molecule has 1 aliphatic rings. The second kappa shape index (κ2) is 10.8. The number of ether oxygens (including phenoxy) is 3. The first-order valence-corrected chi connectivity index (χ1v) is 11.1. The van der Waals surface area contributed by atoms with E-state index >= 15 is 0 Å². The molecule has 1 aliphatic heterocycles. The van der Waals surface area contributed by atoms with Gasteiger partial charge in [0, 0.05) is 19.2 Å². The Bertz CT molecular complexity index is 972. The number of benzene rings is 3. The molecule has 1 saturated heterocycles. The lowest BCUT2D eigenvalue weighted by Gasteiger charge is -2.22. The Morgan fingerprint density at radius 3 is 1.91 bits per heavy atom. The summed E-state index contributed by atoms with van der Waals surface area (Å²) >= 11 is 0. The molecule has 0 saturated carbocycles. The summed E-state index contributed by atoms with van der Waals surface area (Å²) in [6.45, 7) is 3.19. The molecule has 0 aliphatic carbocycles. The predicted molar refractivity (Wildman–Crippen MR) is 124 cm³/mol. The van der Waals surface area contributed by atoms with Crippen LogP contribution in [0.4, 0.5) is 8.78 Å². The highest BCUT2D eigenvalue weighted by molar-refractivity contribution is 5.40. The first-order chi connectivity index (χ1) is 16.1. The summed E-state index contributed by atoms with van der Waals surface area (Å²) in [4.78, 5) is 2.38. The quantitative estimate of drug-likeness (QED) is 0.423. The fraction of sp³-hybridized carbons (Fsp3) is 0.333. The van der Waals surface area contributed by atoms with Crippen molar-refractivity contribution in [3.8, 4) is 11.5 Å². The zero-order valence-electron chi connectivity index (χ0n) is 19.0. The van der Waals surface area contributed by atoms with Crippen LogP contribution in [0, 0.1) is 11.6 Å². The molecule has 0 N–H and O–H groups in total. The Morgan fingerprint density at radius 2 is 1.39 bits per heavy atom. The average Bonchev–Trinajstić information content (AvgIpc) is 3.32. The van der Waals surface area contributed by atoms with Gasteiger partial charge in [0.2, 0.25) is 0 Å². The molecule has 1 heterocycles. The van der Waals surface area contributed by atoms with E-state index in [-0.39, 0.29) is 17.7 Å². The first-order valence-electron chi connectivity index (χ1n) is 11.1. The van der Waals surface area contributed by atoms with E-state index in [0.29, 0.717) is 12.5 Å². The molecular weight excluding hydrogens is 424 g/mol. The topological polar surface area (TPSA) is 30.9 Å². The summed E-state index contributed by atoms with van der Waals surface area (Å²) in [5.41, 5.74) is 2.89. The Morgan fingerprint density at radius 1 is 0.848 bits per heavy atom. The van der Waals surface area contributed by atoms with Crippen molar-refractivity contribution in [3.63, 3.8) is 0 Å². The zero-order chi connectivity index (χ0) is 23.2. The van der Waals surface area contributed by atoms with E-state index in [4.69, 9.17) is 14.2 Å². The van der Waals surface area contributed by atoms with Gasteiger partial charge in [0.1, 0.15) is 29.2 Å². The lowest BCUT2D eigenvalue weighted by atomic mass is 9.98. The molecule has 0 aromatic heterocycles. The third kappa shape index (κ3) is 5.89. The van der Waals surface area contributed by atoms with Gasteiger partial charge in [-0.3, -0.25) is 0 Å². The van der Waals surface area contributed by atoms with E-state index in [1.54, 1.807) is 38.5 Å². The molecule has 3 aromatic carbocycles. The van der Waals surface area contributed by atoms with Crippen LogP contribution in [0.1, 0.15) is 35.1 Å². The fourth-order valence-electron chi connectivity index (χ4n) is 4.33. The highest BCUT2D eigenvalue weighted by Gasteiger charge is 2.25. The second-order valence-corrected chi connectivity index (χ2v) is 8.29. The molecule has 0 radical (unpaired) electrons. The summed E-state index contributed by atoms with van der Waals surface area (Å²) in [7, 11) is 3.32. The third-order valence-corrected chi connectivity index (χ3v) is 6.16. The molecule has 1 fully saturated rings. The molecular formula is C27H29F2NO3. The summed E-state index contributed by atoms with van der Waals surface area (Å²) in [5, 5.41) is 0. The van der Waals surface area contributed by atoms with Gasteiger partial charge in [0.15, 0.2) is 0 Å². The van der Waals surface area contributed by atoms with Crippen LogP contribution in [-0.2, 0) is 4.74 Å². The van der Waals surface area contributed by atoms with Gasteiger partial charge in [0.05, 0.1) is 20.8 Å². The van der Waals surface area contributed by atoms with Crippen molar-refractivity contribution < 1.29 is 23.0 Å². The fourth-order valence-corrected chi connectivity index (χ4v) is 4.33. The van der Waals surface area contributed by atoms with Crippen molar-refractivity contribution in [1.29, 1.82) is 0 Å². The molecule has 174 valence electrons. The molecule has 1 unspecified atom stereocenters. The van der Waals surface area contributed by atoms with Crippen molar-refractivity contribution in [2.75, 3.05) is 40.5 Å². The van der Waals surface area contributed by atoms with E-state index in [2.05, 4.69) is 17.0 Å². The average molecular weight is 454 g/mol. The van der Waals surface area contributed by atoms with Crippen LogP contribution in [-0.4, -0.2) is 45.4 Å². The molecule has 4 rings (SSSR count). The summed E-state index contributed by atoms with van der Waals surface area (Å²) < 4.78 is 43.9. The Balaban J connectivity index is 1.39. The van der Waals surface area contributed by atoms with Crippen molar-refractivity contribution >= 4 is 0 Å². The monoisotopic (exact) mass is 453 g/mol. The number of hydrogen-bond donors (Lipinski definition) is 0. The zero-order valence-corrected chi connectivity index (χ0v) is 19.0. The standard InChI is InChI=1S/C27H29F2NO3/c1-31-25-15-22(16-26(17-25)32-2)21-11-12-30(18-21)13-14-33-27(19-3-7-23(28)8-4-19)20-5-9-24(29)10-6-20/h3-10,15-17,21,27H,11-14,18H2,1-2H3. The van der Waals surface area contributed by atoms with Crippen LogP contribution < -0.4 is 9.47 Å². The van der Waals surface area contributed by atoms with Gasteiger partial charge < -0.3 is 19.1 Å². The lowest BCUT2D eigenvalue weighted by Crippen LogP contribution is -2.26. The predicted octanol–water partition coefficient (Wildman–Crippen LogP) is 5.58. The normalized spacial score (nSPS) is 16.3. The molecule has 0 amide bonds. The maximum atomic E-state index is 13.4. The number of halogens is 2. The van der Waals surface area contributed by atoms with Crippen LogP contribution in [0.3, 0.4) is 0 Å². The number of hydrogen-bond acceptors (Lipinski definition) is 4. The molecule has 3 aromatic rings. The van der Waals surface area contributed by atoms with Gasteiger partial charge in [-0.1, -0.05) is 24.3 Å². The van der Waals surface area contributed by atoms with E-state index in [0.717, 1.165) is 48.7 Å². The Hall–Kier alpha value is -2.96. The lowest BCUT2D eigenvalue weighted by molar-refractivity contribution is 0.0641. The van der Waals surface area contributed by atoms with Crippen molar-refractivity contribution in [2.24, 2.45) is 0 Å². The van der Waals surface area contributed by atoms with Crippen LogP contribution >= 0.6 is 0 Å². The molecule has 1 atom stereocenters. The van der Waals surface area contributed by atoms with Crippen molar-refractivity contribution in [2.45, 2.75) is 18.4 Å². The van der Waals surface area contributed by atoms with Crippen LogP contribution in [0.2, 0.25) is 0 Å². The van der Waals surface area contributed by atoms with Crippen LogP contribution in [0.5, 0.6) is 11.5 Å². The molecule has 4 nitrogen and oxygen atoms in total. The van der Waals surface area contributed by atoms with E-state index < -0.39 is 0 Å². The Labute approximate surface area is 193 Å². The molecule has 0 bridgehead atoms. The molecule has 6 heteroatoms. The number of nitrogens with zero attached hydrogens (tertiary/aromatic N) is 1. The van der Waals surface area contributed by atoms with E-state index in [1.165, 1.54) is 29.8 Å². The minimum atomic E-state index is -0.382. The van der Waals surface area contributed by atoms with Gasteiger partial charge in [-0.2, -0.15) is 0 Å².